The molecule has 2 saturated carbocycles. The normalized spacial score (nSPS) is 29.7. The number of carbonyl (C=O) groups is 1. The van der Waals surface area contributed by atoms with Crippen LogP contribution in [0.2, 0.25) is 0 Å². The number of hydrogen-bond acceptors (Lipinski definition) is 1. The Morgan fingerprint density at radius 2 is 2.05 bits per heavy atom. The summed E-state index contributed by atoms with van der Waals surface area (Å²) in [5.74, 6) is 0.402. The molecule has 21 heavy (non-hydrogen) atoms. The highest BCUT2D eigenvalue weighted by Gasteiger charge is 2.60. The molecule has 2 nitrogen and oxygen atoms in total. The van der Waals surface area contributed by atoms with Crippen LogP contribution in [0.25, 0.3) is 0 Å². The third kappa shape index (κ3) is 2.10. The Morgan fingerprint density at radius 3 is 2.62 bits per heavy atom. The second-order valence-electron chi connectivity index (χ2n) is 7.03. The first-order chi connectivity index (χ1) is 9.86. The molecule has 2 aliphatic carbocycles. The van der Waals surface area contributed by atoms with E-state index in [1.54, 1.807) is 12.1 Å². The number of rotatable bonds is 3. The molecule has 2 bridgehead atoms. The van der Waals surface area contributed by atoms with E-state index in [0.717, 1.165) is 30.4 Å². The monoisotopic (exact) mass is 287 g/mol. The van der Waals surface area contributed by atoms with Crippen molar-refractivity contribution in [3.8, 4) is 0 Å². The summed E-state index contributed by atoms with van der Waals surface area (Å²) in [5.41, 5.74) is 1.68. The lowest BCUT2D eigenvalue weighted by molar-refractivity contribution is -0.128. The van der Waals surface area contributed by atoms with Crippen molar-refractivity contribution in [1.82, 2.24) is 5.32 Å². The summed E-state index contributed by atoms with van der Waals surface area (Å²) in [6, 6.07) is 6.25. The minimum absolute atomic E-state index is 0.0610. The Morgan fingerprint density at radius 1 is 1.38 bits per heavy atom. The Labute approximate surface area is 125 Å². The van der Waals surface area contributed by atoms with E-state index in [1.165, 1.54) is 12.1 Å². The average Bonchev–Trinajstić information content (AvgIpc) is 2.98. The maximum atomic E-state index is 12.9. The van der Waals surface area contributed by atoms with Crippen LogP contribution < -0.4 is 5.32 Å². The van der Waals surface area contributed by atoms with Gasteiger partial charge in [0.15, 0.2) is 0 Å². The van der Waals surface area contributed by atoms with Crippen molar-refractivity contribution in [2.75, 3.05) is 0 Å². The van der Waals surface area contributed by atoms with Crippen LogP contribution in [-0.4, -0.2) is 5.91 Å². The third-order valence-corrected chi connectivity index (χ3v) is 5.69. The van der Waals surface area contributed by atoms with E-state index >= 15 is 0 Å². The Balaban J connectivity index is 1.71. The predicted octanol–water partition coefficient (Wildman–Crippen LogP) is 3.82. The molecule has 1 aromatic carbocycles. The topological polar surface area (TPSA) is 29.1 Å². The van der Waals surface area contributed by atoms with Gasteiger partial charge in [-0.15, -0.1) is 0 Å². The number of fused-ring (bicyclic) bond motifs is 2. The zero-order chi connectivity index (χ0) is 15.3. The van der Waals surface area contributed by atoms with Crippen LogP contribution in [0.5, 0.6) is 0 Å². The van der Waals surface area contributed by atoms with E-state index in [1.807, 2.05) is 0 Å². The quantitative estimate of drug-likeness (QED) is 0.841. The summed E-state index contributed by atoms with van der Waals surface area (Å²) in [7, 11) is 0. The first-order valence-electron chi connectivity index (χ1n) is 7.59. The molecule has 2 aliphatic rings. The fraction of sp³-hybridized carbons (Fsp3) is 0.500. The largest absolute Gasteiger partial charge is 0.351 e. The van der Waals surface area contributed by atoms with Crippen LogP contribution in [0.3, 0.4) is 0 Å². The average molecular weight is 287 g/mol. The highest BCUT2D eigenvalue weighted by atomic mass is 19.1. The molecule has 3 rings (SSSR count). The standard InChI is InChI=1S/C18H22FNO/c1-12-17(2,3)14-8-9-18(12,10-14)16(21)20-11-13-4-6-15(19)7-5-13/h4-7,14H,1,8-11H2,2-3H3,(H,20,21)/t14-,18+/m1/s1. The fourth-order valence-electron chi connectivity index (χ4n) is 4.10. The van der Waals surface area contributed by atoms with Gasteiger partial charge in [0.05, 0.1) is 5.41 Å². The van der Waals surface area contributed by atoms with Gasteiger partial charge in [-0.25, -0.2) is 4.39 Å². The van der Waals surface area contributed by atoms with Gasteiger partial charge in [-0.1, -0.05) is 38.1 Å². The van der Waals surface area contributed by atoms with Gasteiger partial charge < -0.3 is 5.32 Å². The second kappa shape index (κ2) is 4.69. The van der Waals surface area contributed by atoms with E-state index in [2.05, 4.69) is 25.7 Å². The van der Waals surface area contributed by atoms with E-state index in [9.17, 15) is 9.18 Å². The van der Waals surface area contributed by atoms with Crippen molar-refractivity contribution in [3.63, 3.8) is 0 Å². The SMILES string of the molecule is C=C1C(C)(C)[C@@H]2CC[C@]1(C(=O)NCc1ccc(F)cc1)C2. The molecule has 112 valence electrons. The second-order valence-corrected chi connectivity index (χ2v) is 7.03. The Bertz CT molecular complexity index is 590. The van der Waals surface area contributed by atoms with Gasteiger partial charge >= 0.3 is 0 Å². The molecule has 0 aliphatic heterocycles. The molecule has 0 unspecified atom stereocenters. The summed E-state index contributed by atoms with van der Waals surface area (Å²) in [4.78, 5) is 12.7. The van der Waals surface area contributed by atoms with Crippen molar-refractivity contribution in [3.05, 3.63) is 47.8 Å². The summed E-state index contributed by atoms with van der Waals surface area (Å²) >= 11 is 0. The van der Waals surface area contributed by atoms with Crippen molar-refractivity contribution in [2.45, 2.75) is 39.7 Å². The highest BCUT2D eigenvalue weighted by Crippen LogP contribution is 2.65. The number of nitrogens with one attached hydrogen (secondary N) is 1. The number of hydrogen-bond donors (Lipinski definition) is 1. The van der Waals surface area contributed by atoms with Gasteiger partial charge in [-0.3, -0.25) is 4.79 Å². The first-order valence-corrected chi connectivity index (χ1v) is 7.59. The van der Waals surface area contributed by atoms with Crippen molar-refractivity contribution in [2.24, 2.45) is 16.7 Å². The van der Waals surface area contributed by atoms with Gasteiger partial charge in [-0.05, 0) is 48.3 Å². The molecule has 0 spiro atoms. The van der Waals surface area contributed by atoms with Crippen LogP contribution in [0, 0.1) is 22.6 Å². The molecule has 1 aromatic rings. The molecule has 0 radical (unpaired) electrons. The number of amides is 1. The van der Waals surface area contributed by atoms with Crippen LogP contribution in [0.4, 0.5) is 4.39 Å². The smallest absolute Gasteiger partial charge is 0.230 e. The molecule has 2 atom stereocenters. The lowest BCUT2D eigenvalue weighted by Gasteiger charge is -2.37. The molecule has 1 amide bonds. The van der Waals surface area contributed by atoms with Gasteiger partial charge in [0.1, 0.15) is 5.82 Å². The first kappa shape index (κ1) is 14.3. The van der Waals surface area contributed by atoms with Gasteiger partial charge in [-0.2, -0.15) is 0 Å². The highest BCUT2D eigenvalue weighted by molar-refractivity contribution is 5.87. The number of benzene rings is 1. The summed E-state index contributed by atoms with van der Waals surface area (Å²) in [6.45, 7) is 9.09. The van der Waals surface area contributed by atoms with Crippen LogP contribution in [-0.2, 0) is 11.3 Å². The van der Waals surface area contributed by atoms with Crippen molar-refractivity contribution in [1.29, 1.82) is 0 Å². The van der Waals surface area contributed by atoms with Crippen LogP contribution in [0.15, 0.2) is 36.4 Å². The maximum absolute atomic E-state index is 12.9. The lowest BCUT2D eigenvalue weighted by atomic mass is 9.68. The lowest BCUT2D eigenvalue weighted by Crippen LogP contribution is -2.41. The number of carbonyl (C=O) groups excluding carboxylic acids is 1. The molecule has 2 fully saturated rings. The number of halogens is 1. The van der Waals surface area contributed by atoms with Gasteiger partial charge in [0.2, 0.25) is 5.91 Å². The van der Waals surface area contributed by atoms with Crippen molar-refractivity contribution < 1.29 is 9.18 Å². The van der Waals surface area contributed by atoms with E-state index in [0.29, 0.717) is 12.5 Å². The van der Waals surface area contributed by atoms with Crippen LogP contribution in [0.1, 0.15) is 38.7 Å². The summed E-state index contributed by atoms with van der Waals surface area (Å²) in [6.07, 6.45) is 2.94. The zero-order valence-electron chi connectivity index (χ0n) is 12.7. The third-order valence-electron chi connectivity index (χ3n) is 5.69. The summed E-state index contributed by atoms with van der Waals surface area (Å²) in [5, 5.41) is 3.02. The Hall–Kier alpha value is -1.64. The van der Waals surface area contributed by atoms with E-state index in [4.69, 9.17) is 0 Å². The zero-order valence-corrected chi connectivity index (χ0v) is 12.7. The van der Waals surface area contributed by atoms with Crippen LogP contribution >= 0.6 is 0 Å². The molecule has 1 N–H and O–H groups in total. The predicted molar refractivity (Wildman–Crippen MR) is 80.9 cm³/mol. The minimum Gasteiger partial charge on any atom is -0.351 e. The molecule has 0 heterocycles. The minimum atomic E-state index is -0.381. The summed E-state index contributed by atoms with van der Waals surface area (Å²) < 4.78 is 12.9. The van der Waals surface area contributed by atoms with E-state index in [-0.39, 0.29) is 22.6 Å². The van der Waals surface area contributed by atoms with Crippen molar-refractivity contribution >= 4 is 5.91 Å². The molecular weight excluding hydrogens is 265 g/mol. The Kier molecular flexibility index (Phi) is 3.19. The van der Waals surface area contributed by atoms with E-state index < -0.39 is 0 Å². The van der Waals surface area contributed by atoms with Gasteiger partial charge in [0, 0.05) is 6.54 Å². The molecule has 0 saturated heterocycles. The maximum Gasteiger partial charge on any atom is 0.230 e. The molecular formula is C18H22FNO. The van der Waals surface area contributed by atoms with Gasteiger partial charge in [0.25, 0.3) is 0 Å². The molecule has 0 aromatic heterocycles. The fourth-order valence-corrected chi connectivity index (χ4v) is 4.10. The molecule has 3 heteroatoms.